The fraction of sp³-hybridized carbons (Fsp3) is 0.545. The van der Waals surface area contributed by atoms with Gasteiger partial charge in [-0.15, -0.1) is 0 Å². The van der Waals surface area contributed by atoms with Gasteiger partial charge in [0, 0.05) is 32.0 Å². The van der Waals surface area contributed by atoms with Crippen molar-refractivity contribution in [3.05, 3.63) is 24.5 Å². The standard InChI is InChI=1S/C11H19N3O/c1-2-6-12-11(15)13-7-5-10-14-8-3-4-9-14/h3-4,8-9H,2,5-7,10H2,1H3,(H2,12,13,15). The number of urea groups is 1. The lowest BCUT2D eigenvalue weighted by Gasteiger charge is -2.06. The first kappa shape index (κ1) is 11.6. The minimum absolute atomic E-state index is 0.0654. The highest BCUT2D eigenvalue weighted by atomic mass is 16.2. The molecule has 0 atom stereocenters. The van der Waals surface area contributed by atoms with Crippen LogP contribution < -0.4 is 10.6 Å². The van der Waals surface area contributed by atoms with E-state index < -0.39 is 0 Å². The summed E-state index contributed by atoms with van der Waals surface area (Å²) in [6.07, 6.45) is 5.97. The topological polar surface area (TPSA) is 46.1 Å². The van der Waals surface area contributed by atoms with Crippen molar-refractivity contribution in [2.75, 3.05) is 13.1 Å². The molecule has 1 aromatic rings. The third kappa shape index (κ3) is 5.10. The summed E-state index contributed by atoms with van der Waals surface area (Å²) in [6.45, 7) is 4.44. The second-order valence-electron chi connectivity index (χ2n) is 3.46. The molecule has 0 aromatic carbocycles. The molecule has 1 rings (SSSR count). The van der Waals surface area contributed by atoms with Gasteiger partial charge < -0.3 is 15.2 Å². The molecule has 4 nitrogen and oxygen atoms in total. The molecule has 15 heavy (non-hydrogen) atoms. The Morgan fingerprint density at radius 2 is 1.87 bits per heavy atom. The maximum absolute atomic E-state index is 11.1. The number of nitrogens with zero attached hydrogens (tertiary/aromatic N) is 1. The lowest BCUT2D eigenvalue weighted by atomic mass is 10.4. The average molecular weight is 209 g/mol. The fourth-order valence-electron chi connectivity index (χ4n) is 1.28. The summed E-state index contributed by atoms with van der Waals surface area (Å²) in [4.78, 5) is 11.1. The molecule has 1 aromatic heterocycles. The number of carbonyl (C=O) groups excluding carboxylic acids is 1. The van der Waals surface area contributed by atoms with Crippen molar-refractivity contribution in [3.8, 4) is 0 Å². The highest BCUT2D eigenvalue weighted by Gasteiger charge is 1.96. The number of aryl methyl sites for hydroxylation is 1. The zero-order chi connectivity index (χ0) is 10.9. The molecule has 0 bridgehead atoms. The molecule has 0 fully saturated rings. The van der Waals surface area contributed by atoms with Crippen LogP contribution in [0, 0.1) is 0 Å². The molecular weight excluding hydrogens is 190 g/mol. The molecule has 1 heterocycles. The van der Waals surface area contributed by atoms with E-state index in [0.29, 0.717) is 6.54 Å². The summed E-state index contributed by atoms with van der Waals surface area (Å²) in [5.41, 5.74) is 0. The van der Waals surface area contributed by atoms with Gasteiger partial charge in [-0.3, -0.25) is 0 Å². The van der Waals surface area contributed by atoms with E-state index >= 15 is 0 Å². The van der Waals surface area contributed by atoms with Gasteiger partial charge in [0.1, 0.15) is 0 Å². The van der Waals surface area contributed by atoms with Gasteiger partial charge in [0.05, 0.1) is 0 Å². The van der Waals surface area contributed by atoms with Crippen LogP contribution in [0.3, 0.4) is 0 Å². The van der Waals surface area contributed by atoms with E-state index in [9.17, 15) is 4.79 Å². The molecule has 0 saturated heterocycles. The summed E-state index contributed by atoms with van der Waals surface area (Å²) in [5, 5.41) is 5.59. The van der Waals surface area contributed by atoms with Crippen molar-refractivity contribution in [3.63, 3.8) is 0 Å². The molecule has 0 radical (unpaired) electrons. The Kier molecular flexibility index (Phi) is 5.37. The van der Waals surface area contributed by atoms with E-state index in [1.165, 1.54) is 0 Å². The van der Waals surface area contributed by atoms with Crippen LogP contribution in [0.1, 0.15) is 19.8 Å². The first-order valence-electron chi connectivity index (χ1n) is 5.45. The smallest absolute Gasteiger partial charge is 0.314 e. The summed E-state index contributed by atoms with van der Waals surface area (Å²) in [6, 6.07) is 3.94. The van der Waals surface area contributed by atoms with E-state index in [4.69, 9.17) is 0 Å². The molecular formula is C11H19N3O. The highest BCUT2D eigenvalue weighted by Crippen LogP contribution is 1.91. The van der Waals surface area contributed by atoms with Crippen molar-refractivity contribution in [2.24, 2.45) is 0 Å². The van der Waals surface area contributed by atoms with Gasteiger partial charge in [-0.2, -0.15) is 0 Å². The lowest BCUT2D eigenvalue weighted by Crippen LogP contribution is -2.36. The number of amides is 2. The van der Waals surface area contributed by atoms with Crippen molar-refractivity contribution >= 4 is 6.03 Å². The molecule has 4 heteroatoms. The fourth-order valence-corrected chi connectivity index (χ4v) is 1.28. The predicted molar refractivity (Wildman–Crippen MR) is 60.7 cm³/mol. The van der Waals surface area contributed by atoms with Crippen molar-refractivity contribution < 1.29 is 4.79 Å². The highest BCUT2D eigenvalue weighted by molar-refractivity contribution is 5.73. The van der Waals surface area contributed by atoms with Crippen molar-refractivity contribution in [1.82, 2.24) is 15.2 Å². The van der Waals surface area contributed by atoms with Crippen LogP contribution >= 0.6 is 0 Å². The van der Waals surface area contributed by atoms with Gasteiger partial charge in [-0.05, 0) is 25.0 Å². The second-order valence-corrected chi connectivity index (χ2v) is 3.46. The first-order chi connectivity index (χ1) is 7.33. The summed E-state index contributed by atoms with van der Waals surface area (Å²) in [7, 11) is 0. The van der Waals surface area contributed by atoms with E-state index in [0.717, 1.165) is 25.9 Å². The zero-order valence-electron chi connectivity index (χ0n) is 9.20. The Balaban J connectivity index is 1.99. The van der Waals surface area contributed by atoms with Gasteiger partial charge in [-0.25, -0.2) is 4.79 Å². The lowest BCUT2D eigenvalue weighted by molar-refractivity contribution is 0.240. The predicted octanol–water partition coefficient (Wildman–Crippen LogP) is 1.59. The van der Waals surface area contributed by atoms with Gasteiger partial charge in [-0.1, -0.05) is 6.92 Å². The normalized spacial score (nSPS) is 9.93. The monoisotopic (exact) mass is 209 g/mol. The zero-order valence-corrected chi connectivity index (χ0v) is 9.20. The third-order valence-electron chi connectivity index (χ3n) is 2.08. The maximum Gasteiger partial charge on any atom is 0.314 e. The van der Waals surface area contributed by atoms with Gasteiger partial charge in [0.2, 0.25) is 0 Å². The minimum atomic E-state index is -0.0654. The second kappa shape index (κ2) is 6.92. The van der Waals surface area contributed by atoms with Gasteiger partial charge in [0.25, 0.3) is 0 Å². The van der Waals surface area contributed by atoms with Crippen LogP contribution in [-0.4, -0.2) is 23.7 Å². The Labute approximate surface area is 90.7 Å². The van der Waals surface area contributed by atoms with E-state index in [2.05, 4.69) is 15.2 Å². The Morgan fingerprint density at radius 1 is 1.20 bits per heavy atom. The minimum Gasteiger partial charge on any atom is -0.354 e. The Morgan fingerprint density at radius 3 is 2.53 bits per heavy atom. The van der Waals surface area contributed by atoms with Crippen LogP contribution in [0.2, 0.25) is 0 Å². The van der Waals surface area contributed by atoms with Gasteiger partial charge in [0.15, 0.2) is 0 Å². The van der Waals surface area contributed by atoms with E-state index in [-0.39, 0.29) is 6.03 Å². The Hall–Kier alpha value is -1.45. The van der Waals surface area contributed by atoms with Crippen LogP contribution in [0.15, 0.2) is 24.5 Å². The van der Waals surface area contributed by atoms with Crippen molar-refractivity contribution in [2.45, 2.75) is 26.3 Å². The quantitative estimate of drug-likeness (QED) is 0.687. The molecule has 0 saturated carbocycles. The summed E-state index contributed by atoms with van der Waals surface area (Å²) in [5.74, 6) is 0. The molecule has 0 unspecified atom stereocenters. The molecule has 2 N–H and O–H groups in total. The van der Waals surface area contributed by atoms with Gasteiger partial charge >= 0.3 is 6.03 Å². The Bertz CT molecular complexity index is 269. The average Bonchev–Trinajstić information content (AvgIpc) is 2.74. The van der Waals surface area contributed by atoms with E-state index in [1.54, 1.807) is 0 Å². The number of aromatic nitrogens is 1. The summed E-state index contributed by atoms with van der Waals surface area (Å²) >= 11 is 0. The van der Waals surface area contributed by atoms with Crippen LogP contribution in [-0.2, 0) is 6.54 Å². The third-order valence-corrected chi connectivity index (χ3v) is 2.08. The molecule has 0 aliphatic heterocycles. The first-order valence-corrected chi connectivity index (χ1v) is 5.45. The number of nitrogens with one attached hydrogen (secondary N) is 2. The number of carbonyl (C=O) groups is 1. The summed E-state index contributed by atoms with van der Waals surface area (Å²) < 4.78 is 2.10. The number of hydrogen-bond donors (Lipinski definition) is 2. The maximum atomic E-state index is 11.1. The molecule has 0 aliphatic rings. The van der Waals surface area contributed by atoms with Crippen molar-refractivity contribution in [1.29, 1.82) is 0 Å². The molecule has 0 spiro atoms. The van der Waals surface area contributed by atoms with Crippen LogP contribution in [0.5, 0.6) is 0 Å². The largest absolute Gasteiger partial charge is 0.354 e. The molecule has 0 aliphatic carbocycles. The number of hydrogen-bond acceptors (Lipinski definition) is 1. The molecule has 84 valence electrons. The number of rotatable bonds is 6. The van der Waals surface area contributed by atoms with Crippen LogP contribution in [0.4, 0.5) is 4.79 Å². The van der Waals surface area contributed by atoms with E-state index in [1.807, 2.05) is 31.5 Å². The van der Waals surface area contributed by atoms with Crippen LogP contribution in [0.25, 0.3) is 0 Å². The molecule has 2 amide bonds. The SMILES string of the molecule is CCCNC(=O)NCCCn1cccc1.